The molecule has 47 heavy (non-hydrogen) atoms. The normalized spacial score (nSPS) is 34.4. The van der Waals surface area contributed by atoms with Gasteiger partial charge in [-0.25, -0.2) is 4.79 Å². The minimum absolute atomic E-state index is 0.0893. The van der Waals surface area contributed by atoms with Gasteiger partial charge in [0.15, 0.2) is 11.5 Å². The van der Waals surface area contributed by atoms with Gasteiger partial charge in [-0.05, 0) is 88.5 Å². The van der Waals surface area contributed by atoms with Crippen molar-refractivity contribution in [2.24, 2.45) is 17.3 Å². The van der Waals surface area contributed by atoms with Crippen molar-refractivity contribution in [2.45, 2.75) is 87.6 Å². The number of nitrogens with zero attached hydrogens (tertiary/aromatic N) is 1. The van der Waals surface area contributed by atoms with Crippen molar-refractivity contribution in [1.82, 2.24) is 4.90 Å². The van der Waals surface area contributed by atoms with Gasteiger partial charge in [-0.1, -0.05) is 12.6 Å². The van der Waals surface area contributed by atoms with Crippen LogP contribution in [0.15, 0.2) is 24.3 Å². The highest BCUT2D eigenvalue weighted by Crippen LogP contribution is 2.77. The number of hydrogen-bond donors (Lipinski definition) is 1. The largest absolute Gasteiger partial charge is 0.482 e. The maximum absolute atomic E-state index is 13.1. The lowest BCUT2D eigenvalue weighted by atomic mass is 9.33. The van der Waals surface area contributed by atoms with Gasteiger partial charge in [0.1, 0.15) is 18.3 Å². The average molecular weight is 656 g/mol. The van der Waals surface area contributed by atoms with E-state index in [9.17, 15) is 9.90 Å². The summed E-state index contributed by atoms with van der Waals surface area (Å²) in [4.78, 5) is 15.8. The SMILES string of the molecule is C=C(C)[C@@](C)(O)[C@H]1C[C@@]23CC[C@@]1(OC)[C@@H]1Oc4c(OC(=O)COCCOCCOCCOC)ccc5c4[C@@]12CCN(CC1CC1)[C@@H]3C5. The molecule has 5 fully saturated rings. The van der Waals surface area contributed by atoms with Gasteiger partial charge in [0.05, 0.1) is 45.2 Å². The minimum atomic E-state index is -1.12. The van der Waals surface area contributed by atoms with Crippen LogP contribution in [0.4, 0.5) is 0 Å². The van der Waals surface area contributed by atoms with Gasteiger partial charge in [0.25, 0.3) is 0 Å². The molecule has 1 aromatic carbocycles. The van der Waals surface area contributed by atoms with Crippen molar-refractivity contribution in [3.05, 3.63) is 35.4 Å². The summed E-state index contributed by atoms with van der Waals surface area (Å²) in [6.07, 6.45) is 6.93. The Morgan fingerprint density at radius 2 is 1.79 bits per heavy atom. The Hall–Kier alpha value is -2.05. The Kier molecular flexibility index (Phi) is 9.03. The number of rotatable bonds is 17. The van der Waals surface area contributed by atoms with Crippen LogP contribution in [0.1, 0.15) is 63.5 Å². The summed E-state index contributed by atoms with van der Waals surface area (Å²) in [6.45, 7) is 12.7. The van der Waals surface area contributed by atoms with Crippen molar-refractivity contribution in [2.75, 3.05) is 73.6 Å². The first-order valence-electron chi connectivity index (χ1n) is 17.6. The first-order chi connectivity index (χ1) is 22.6. The first-order valence-corrected chi connectivity index (χ1v) is 17.6. The Balaban J connectivity index is 1.13. The predicted octanol–water partition coefficient (Wildman–Crippen LogP) is 3.84. The number of carbonyl (C=O) groups is 1. The van der Waals surface area contributed by atoms with Crippen LogP contribution in [0, 0.1) is 17.3 Å². The van der Waals surface area contributed by atoms with E-state index >= 15 is 0 Å². The highest BCUT2D eigenvalue weighted by Gasteiger charge is 2.82. The van der Waals surface area contributed by atoms with Gasteiger partial charge >= 0.3 is 5.97 Å². The highest BCUT2D eigenvalue weighted by atomic mass is 16.6. The van der Waals surface area contributed by atoms with Crippen LogP contribution in [0.5, 0.6) is 11.5 Å². The molecule has 2 spiro atoms. The Labute approximate surface area is 279 Å². The summed E-state index contributed by atoms with van der Waals surface area (Å²) in [7, 11) is 3.42. The van der Waals surface area contributed by atoms with E-state index in [1.165, 1.54) is 24.0 Å². The molecule has 10 nitrogen and oxygen atoms in total. The summed E-state index contributed by atoms with van der Waals surface area (Å²) >= 11 is 0. The number of likely N-dealkylation sites (tertiary alicyclic amines) is 1. The zero-order chi connectivity index (χ0) is 33.0. The number of benzene rings is 1. The monoisotopic (exact) mass is 655 g/mol. The van der Waals surface area contributed by atoms with Gasteiger partial charge in [0, 0.05) is 49.1 Å². The highest BCUT2D eigenvalue weighted by molar-refractivity contribution is 5.76. The van der Waals surface area contributed by atoms with E-state index in [1.807, 2.05) is 19.9 Å². The molecular weight excluding hydrogens is 602 g/mol. The van der Waals surface area contributed by atoms with Gasteiger partial charge < -0.3 is 38.3 Å². The molecule has 2 heterocycles. The zero-order valence-electron chi connectivity index (χ0n) is 28.6. The molecule has 1 aromatic rings. The van der Waals surface area contributed by atoms with Crippen molar-refractivity contribution in [3.63, 3.8) is 0 Å². The van der Waals surface area contributed by atoms with Crippen molar-refractivity contribution in [3.8, 4) is 11.5 Å². The number of methoxy groups -OCH3 is 2. The minimum Gasteiger partial charge on any atom is -0.482 e. The van der Waals surface area contributed by atoms with Crippen molar-refractivity contribution in [1.29, 1.82) is 0 Å². The molecule has 1 N–H and O–H groups in total. The number of fused-ring (bicyclic) bond motifs is 2. The van der Waals surface area contributed by atoms with E-state index in [-0.39, 0.29) is 36.1 Å². The Bertz CT molecular complexity index is 1360. The van der Waals surface area contributed by atoms with E-state index in [0.717, 1.165) is 56.7 Å². The third-order valence-corrected chi connectivity index (χ3v) is 12.8. The summed E-state index contributed by atoms with van der Waals surface area (Å²) in [5, 5.41) is 12.1. The number of carbonyl (C=O) groups excluding carboxylic acids is 1. The molecule has 0 amide bonds. The van der Waals surface area contributed by atoms with Crippen LogP contribution in [0.3, 0.4) is 0 Å². The molecule has 260 valence electrons. The maximum atomic E-state index is 13.1. The van der Waals surface area contributed by atoms with Crippen LogP contribution in [-0.4, -0.2) is 113 Å². The predicted molar refractivity (Wildman–Crippen MR) is 174 cm³/mol. The lowest BCUT2D eigenvalue weighted by Crippen LogP contribution is -2.82. The van der Waals surface area contributed by atoms with Gasteiger partial charge in [-0.15, -0.1) is 0 Å². The summed E-state index contributed by atoms with van der Waals surface area (Å²) in [6, 6.07) is 4.41. The second kappa shape index (κ2) is 12.7. The molecule has 1 saturated heterocycles. The Morgan fingerprint density at radius 1 is 1.06 bits per heavy atom. The third-order valence-electron chi connectivity index (χ3n) is 12.8. The van der Waals surface area contributed by atoms with Gasteiger partial charge in [-0.2, -0.15) is 0 Å². The lowest BCUT2D eigenvalue weighted by molar-refractivity contribution is -0.298. The standard InChI is InChI=1S/C37H53NO9/c1-24(2)34(3,40)28-21-35-10-11-37(28,42-5)33-36(35)12-13-38(22-25-6-7-25)29(35)20-26-8-9-27(32(47-33)31(26)36)46-30(39)23-45-19-18-44-17-16-43-15-14-41-4/h8-9,25,28-29,33,40H,1,6-7,10-23H2,2-5H3/t28-,29-,33-,34-,35-,36+,37+/m1/s1. The molecule has 10 heteroatoms. The van der Waals surface area contributed by atoms with Crippen LogP contribution < -0.4 is 9.47 Å². The fourth-order valence-electron chi connectivity index (χ4n) is 10.3. The third kappa shape index (κ3) is 5.20. The molecule has 4 bridgehead atoms. The molecule has 7 aliphatic rings. The fraction of sp³-hybridized carbons (Fsp3) is 0.757. The molecule has 5 aliphatic carbocycles. The van der Waals surface area contributed by atoms with E-state index in [1.54, 1.807) is 14.2 Å². The number of ether oxygens (including phenoxy) is 7. The summed E-state index contributed by atoms with van der Waals surface area (Å²) < 4.78 is 41.2. The zero-order valence-corrected chi connectivity index (χ0v) is 28.6. The summed E-state index contributed by atoms with van der Waals surface area (Å²) in [5.74, 6) is 1.25. The van der Waals surface area contributed by atoms with Crippen molar-refractivity contribution >= 4 is 5.97 Å². The van der Waals surface area contributed by atoms with Gasteiger partial charge in [-0.3, -0.25) is 4.90 Å². The Morgan fingerprint density at radius 3 is 2.47 bits per heavy atom. The van der Waals surface area contributed by atoms with Crippen molar-refractivity contribution < 1.29 is 43.1 Å². The fourth-order valence-corrected chi connectivity index (χ4v) is 10.3. The molecule has 8 rings (SSSR count). The smallest absolute Gasteiger partial charge is 0.337 e. The number of aliphatic hydroxyl groups is 1. The second-order valence-electron chi connectivity index (χ2n) is 15.0. The molecule has 7 atom stereocenters. The quantitative estimate of drug-likeness (QED) is 0.115. The molecule has 0 radical (unpaired) electrons. The first kappa shape index (κ1) is 33.4. The summed E-state index contributed by atoms with van der Waals surface area (Å²) in [5.41, 5.74) is 1.06. The molecule has 0 unspecified atom stereocenters. The molecule has 2 aliphatic heterocycles. The molecule has 4 saturated carbocycles. The van der Waals surface area contributed by atoms with Crippen LogP contribution >= 0.6 is 0 Å². The number of hydrogen-bond acceptors (Lipinski definition) is 10. The van der Waals surface area contributed by atoms with Gasteiger partial charge in [0.2, 0.25) is 0 Å². The molecular formula is C37H53NO9. The topological polar surface area (TPSA) is 105 Å². The molecule has 0 aromatic heterocycles. The second-order valence-corrected chi connectivity index (χ2v) is 15.0. The number of esters is 1. The van der Waals surface area contributed by atoms with E-state index in [0.29, 0.717) is 50.6 Å². The maximum Gasteiger partial charge on any atom is 0.337 e. The van der Waals surface area contributed by atoms with E-state index < -0.39 is 17.2 Å². The lowest BCUT2D eigenvalue weighted by Gasteiger charge is -2.75. The number of piperidine rings is 1. The van der Waals surface area contributed by atoms with E-state index in [2.05, 4.69) is 17.5 Å². The average Bonchev–Trinajstić information content (AvgIpc) is 3.80. The van der Waals surface area contributed by atoms with Crippen LogP contribution in [-0.2, 0) is 40.3 Å². The van der Waals surface area contributed by atoms with Crippen LogP contribution in [0.2, 0.25) is 0 Å². The van der Waals surface area contributed by atoms with E-state index in [4.69, 9.17) is 33.2 Å². The van der Waals surface area contributed by atoms with Crippen LogP contribution in [0.25, 0.3) is 0 Å².